The Bertz CT molecular complexity index is 575. The Morgan fingerprint density at radius 1 is 1.53 bits per heavy atom. The van der Waals surface area contributed by atoms with Gasteiger partial charge in [0, 0.05) is 13.7 Å². The summed E-state index contributed by atoms with van der Waals surface area (Å²) in [4.78, 5) is 3.17. The van der Waals surface area contributed by atoms with E-state index in [4.69, 9.17) is 28.6 Å². The molecule has 92 valence electrons. The van der Waals surface area contributed by atoms with Crippen molar-refractivity contribution in [3.8, 4) is 0 Å². The Morgan fingerprint density at radius 2 is 2.29 bits per heavy atom. The third-order valence-corrected chi connectivity index (χ3v) is 3.32. The minimum atomic E-state index is 0.391. The molecule has 1 aromatic heterocycles. The first-order valence-electron chi connectivity index (χ1n) is 5.49. The molecule has 2 aromatic rings. The number of H-pyrrole nitrogens is 1. The van der Waals surface area contributed by atoms with Crippen molar-refractivity contribution in [2.45, 2.75) is 13.5 Å². The molecule has 1 unspecified atom stereocenters. The summed E-state index contributed by atoms with van der Waals surface area (Å²) >= 11 is 11.5. The number of methoxy groups -OCH3 is 1. The number of hydrogen-bond donors (Lipinski definition) is 1. The Labute approximate surface area is 110 Å². The van der Waals surface area contributed by atoms with Crippen LogP contribution in [0.15, 0.2) is 18.2 Å². The molecule has 1 aromatic carbocycles. The van der Waals surface area contributed by atoms with Gasteiger partial charge in [0.25, 0.3) is 0 Å². The first-order chi connectivity index (χ1) is 8.13. The minimum Gasteiger partial charge on any atom is -0.384 e. The molecule has 0 aliphatic heterocycles. The molecular formula is C12H15ClN2OS. The molecule has 1 heterocycles. The van der Waals surface area contributed by atoms with Gasteiger partial charge in [0.1, 0.15) is 0 Å². The maximum atomic E-state index is 6.22. The molecule has 0 aliphatic carbocycles. The third kappa shape index (κ3) is 2.54. The highest BCUT2D eigenvalue weighted by atomic mass is 35.5. The lowest BCUT2D eigenvalue weighted by molar-refractivity contribution is 0.152. The molecule has 1 N–H and O–H groups in total. The molecule has 2 rings (SSSR count). The number of aromatic nitrogens is 2. The van der Waals surface area contributed by atoms with Gasteiger partial charge in [-0.2, -0.15) is 0 Å². The monoisotopic (exact) mass is 270 g/mol. The molecule has 0 aliphatic rings. The Balaban J connectivity index is 2.46. The lowest BCUT2D eigenvalue weighted by Crippen LogP contribution is -2.12. The maximum Gasteiger partial charge on any atom is 0.178 e. The van der Waals surface area contributed by atoms with Crippen LogP contribution in [0.4, 0.5) is 0 Å². The number of ether oxygens (including phenoxy) is 1. The zero-order chi connectivity index (χ0) is 12.4. The van der Waals surface area contributed by atoms with Crippen LogP contribution >= 0.6 is 23.8 Å². The zero-order valence-electron chi connectivity index (χ0n) is 9.87. The minimum absolute atomic E-state index is 0.391. The van der Waals surface area contributed by atoms with Gasteiger partial charge in [0.15, 0.2) is 4.77 Å². The molecule has 1 atom stereocenters. The lowest BCUT2D eigenvalue weighted by atomic mass is 10.2. The van der Waals surface area contributed by atoms with Gasteiger partial charge in [-0.1, -0.05) is 24.6 Å². The van der Waals surface area contributed by atoms with Crippen molar-refractivity contribution in [1.82, 2.24) is 9.55 Å². The summed E-state index contributed by atoms with van der Waals surface area (Å²) in [5.74, 6) is 0.391. The molecule has 0 spiro atoms. The van der Waals surface area contributed by atoms with Gasteiger partial charge in [0.05, 0.1) is 22.7 Å². The maximum absolute atomic E-state index is 6.22. The van der Waals surface area contributed by atoms with Crippen molar-refractivity contribution in [1.29, 1.82) is 0 Å². The number of para-hydroxylation sites is 1. The van der Waals surface area contributed by atoms with Gasteiger partial charge in [-0.05, 0) is 30.3 Å². The molecule has 0 radical (unpaired) electrons. The second-order valence-electron chi connectivity index (χ2n) is 4.24. The smallest absolute Gasteiger partial charge is 0.178 e. The highest BCUT2D eigenvalue weighted by molar-refractivity contribution is 7.71. The second-order valence-corrected chi connectivity index (χ2v) is 5.03. The van der Waals surface area contributed by atoms with Crippen molar-refractivity contribution >= 4 is 34.9 Å². The van der Waals surface area contributed by atoms with E-state index in [1.165, 1.54) is 0 Å². The number of halogens is 1. The molecule has 0 amide bonds. The number of benzene rings is 1. The Kier molecular flexibility index (Phi) is 3.86. The first-order valence-corrected chi connectivity index (χ1v) is 6.28. The lowest BCUT2D eigenvalue weighted by Gasteiger charge is -2.12. The second kappa shape index (κ2) is 5.21. The van der Waals surface area contributed by atoms with Gasteiger partial charge in [0.2, 0.25) is 0 Å². The zero-order valence-corrected chi connectivity index (χ0v) is 11.4. The normalized spacial score (nSPS) is 13.1. The number of rotatable bonds is 4. The van der Waals surface area contributed by atoms with Crippen LogP contribution < -0.4 is 0 Å². The quantitative estimate of drug-likeness (QED) is 0.860. The van der Waals surface area contributed by atoms with Gasteiger partial charge in [-0.15, -0.1) is 0 Å². The molecule has 5 heteroatoms. The summed E-state index contributed by atoms with van der Waals surface area (Å²) in [6, 6.07) is 5.78. The van der Waals surface area contributed by atoms with Crippen molar-refractivity contribution in [3.63, 3.8) is 0 Å². The largest absolute Gasteiger partial charge is 0.384 e. The van der Waals surface area contributed by atoms with E-state index in [0.29, 0.717) is 17.3 Å². The number of imidazole rings is 1. The summed E-state index contributed by atoms with van der Waals surface area (Å²) < 4.78 is 7.89. The fourth-order valence-corrected chi connectivity index (χ4v) is 2.55. The van der Waals surface area contributed by atoms with E-state index in [1.54, 1.807) is 7.11 Å². The van der Waals surface area contributed by atoms with Crippen LogP contribution in [-0.2, 0) is 11.3 Å². The summed E-state index contributed by atoms with van der Waals surface area (Å²) in [6.45, 7) is 3.64. The number of hydrogen-bond acceptors (Lipinski definition) is 2. The van der Waals surface area contributed by atoms with E-state index in [2.05, 4.69) is 11.9 Å². The molecular weight excluding hydrogens is 256 g/mol. The topological polar surface area (TPSA) is 29.9 Å². The van der Waals surface area contributed by atoms with Gasteiger partial charge in [-0.3, -0.25) is 0 Å². The molecule has 0 bridgehead atoms. The number of nitrogens with one attached hydrogen (secondary N) is 1. The van der Waals surface area contributed by atoms with Crippen LogP contribution in [0.2, 0.25) is 5.02 Å². The van der Waals surface area contributed by atoms with Gasteiger partial charge >= 0.3 is 0 Å². The Hall–Kier alpha value is -0.840. The van der Waals surface area contributed by atoms with Crippen LogP contribution in [0.5, 0.6) is 0 Å². The van der Waals surface area contributed by atoms with Gasteiger partial charge < -0.3 is 14.3 Å². The summed E-state index contributed by atoms with van der Waals surface area (Å²) in [5, 5.41) is 0.722. The summed E-state index contributed by atoms with van der Waals surface area (Å²) in [6.07, 6.45) is 0. The van der Waals surface area contributed by atoms with Crippen molar-refractivity contribution in [3.05, 3.63) is 28.0 Å². The standard InChI is InChI=1S/C12H15ClN2OS/c1-8(7-16-2)6-15-11-9(13)4-3-5-10(11)14-12(15)17/h3-5,8H,6-7H2,1-2H3,(H,14,17). The number of nitrogens with zero attached hydrogens (tertiary/aromatic N) is 1. The van der Waals surface area contributed by atoms with Crippen LogP contribution in [0.3, 0.4) is 0 Å². The van der Waals surface area contributed by atoms with E-state index >= 15 is 0 Å². The highest BCUT2D eigenvalue weighted by Gasteiger charge is 2.10. The summed E-state index contributed by atoms with van der Waals surface area (Å²) in [5.41, 5.74) is 1.95. The van der Waals surface area contributed by atoms with Crippen LogP contribution in [0.25, 0.3) is 11.0 Å². The van der Waals surface area contributed by atoms with Crippen molar-refractivity contribution in [2.24, 2.45) is 5.92 Å². The predicted octanol–water partition coefficient (Wildman–Crippen LogP) is 3.63. The highest BCUT2D eigenvalue weighted by Crippen LogP contribution is 2.24. The van der Waals surface area contributed by atoms with E-state index in [9.17, 15) is 0 Å². The van der Waals surface area contributed by atoms with Crippen LogP contribution in [0.1, 0.15) is 6.92 Å². The average Bonchev–Trinajstić information content (AvgIpc) is 2.57. The van der Waals surface area contributed by atoms with E-state index in [1.807, 2.05) is 22.8 Å². The predicted molar refractivity (Wildman–Crippen MR) is 73.2 cm³/mol. The SMILES string of the molecule is COCC(C)Cn1c(=S)[nH]c2cccc(Cl)c21. The fraction of sp³-hybridized carbons (Fsp3) is 0.417. The van der Waals surface area contributed by atoms with Gasteiger partial charge in [-0.25, -0.2) is 0 Å². The molecule has 0 saturated carbocycles. The molecule has 3 nitrogen and oxygen atoms in total. The van der Waals surface area contributed by atoms with Crippen LogP contribution in [-0.4, -0.2) is 23.3 Å². The molecule has 0 fully saturated rings. The van der Waals surface area contributed by atoms with E-state index in [0.717, 1.165) is 22.6 Å². The molecule has 0 saturated heterocycles. The van der Waals surface area contributed by atoms with Crippen LogP contribution in [0, 0.1) is 10.7 Å². The third-order valence-electron chi connectivity index (χ3n) is 2.69. The summed E-state index contributed by atoms with van der Waals surface area (Å²) in [7, 11) is 1.71. The van der Waals surface area contributed by atoms with Crippen molar-refractivity contribution < 1.29 is 4.74 Å². The van der Waals surface area contributed by atoms with Crippen molar-refractivity contribution in [2.75, 3.05) is 13.7 Å². The number of fused-ring (bicyclic) bond motifs is 1. The molecule has 17 heavy (non-hydrogen) atoms. The van der Waals surface area contributed by atoms with E-state index in [-0.39, 0.29) is 0 Å². The average molecular weight is 271 g/mol. The fourth-order valence-electron chi connectivity index (χ4n) is 2.00. The number of aromatic amines is 1. The first kappa shape index (κ1) is 12.6. The Morgan fingerprint density at radius 3 is 3.00 bits per heavy atom. The van der Waals surface area contributed by atoms with E-state index < -0.39 is 0 Å².